The number of para-hydroxylation sites is 2. The molecule has 0 radical (unpaired) electrons. The van der Waals surface area contributed by atoms with Crippen LogP contribution in [-0.2, 0) is 0 Å². The Morgan fingerprint density at radius 2 is 1.26 bits per heavy atom. The molecule has 3 aromatic carbocycles. The maximum Gasteiger partial charge on any atom is 0.229 e. The standard InChI is InChI=1S/C23H16O4/c1-15-10-12-16(13-11-15)26-20-8-4-5-9-21(20)27-22-14-19(24)17-6-2-3-7-18(17)23(22)25/h2-14H,1H3. The fourth-order valence-corrected chi connectivity index (χ4v) is 2.84. The van der Waals surface area contributed by atoms with E-state index in [0.29, 0.717) is 28.4 Å². The molecule has 1 aliphatic carbocycles. The lowest BCUT2D eigenvalue weighted by Crippen LogP contribution is -2.20. The largest absolute Gasteiger partial charge is 0.453 e. The number of Topliss-reactive ketones (excluding diaryl/α,β-unsaturated/α-hetero) is 1. The van der Waals surface area contributed by atoms with Gasteiger partial charge in [-0.15, -0.1) is 0 Å². The van der Waals surface area contributed by atoms with Crippen molar-refractivity contribution in [3.63, 3.8) is 0 Å². The van der Waals surface area contributed by atoms with E-state index in [0.717, 1.165) is 5.56 Å². The number of hydrogen-bond donors (Lipinski definition) is 0. The summed E-state index contributed by atoms with van der Waals surface area (Å²) in [6.07, 6.45) is 1.23. The van der Waals surface area contributed by atoms with Gasteiger partial charge in [-0.1, -0.05) is 54.1 Å². The molecule has 1 aliphatic rings. The van der Waals surface area contributed by atoms with Crippen molar-refractivity contribution >= 4 is 11.6 Å². The molecule has 0 bridgehead atoms. The van der Waals surface area contributed by atoms with Gasteiger partial charge in [0.25, 0.3) is 0 Å². The van der Waals surface area contributed by atoms with Gasteiger partial charge in [0.1, 0.15) is 5.75 Å². The number of rotatable bonds is 4. The third kappa shape index (κ3) is 3.37. The summed E-state index contributed by atoms with van der Waals surface area (Å²) in [6.45, 7) is 2.00. The molecule has 27 heavy (non-hydrogen) atoms. The molecule has 0 aromatic heterocycles. The second-order valence-electron chi connectivity index (χ2n) is 6.21. The average Bonchev–Trinajstić information content (AvgIpc) is 2.69. The van der Waals surface area contributed by atoms with Crippen molar-refractivity contribution in [3.05, 3.63) is 101 Å². The Balaban J connectivity index is 1.63. The van der Waals surface area contributed by atoms with Crippen molar-refractivity contribution in [1.29, 1.82) is 0 Å². The summed E-state index contributed by atoms with van der Waals surface area (Å²) in [6, 6.07) is 21.4. The van der Waals surface area contributed by atoms with E-state index in [1.807, 2.05) is 37.3 Å². The van der Waals surface area contributed by atoms with Gasteiger partial charge in [0.15, 0.2) is 23.0 Å². The number of fused-ring (bicyclic) bond motifs is 1. The highest BCUT2D eigenvalue weighted by Gasteiger charge is 2.27. The summed E-state index contributed by atoms with van der Waals surface area (Å²) in [5.41, 5.74) is 1.86. The van der Waals surface area contributed by atoms with Crippen LogP contribution in [0.15, 0.2) is 84.6 Å². The lowest BCUT2D eigenvalue weighted by molar-refractivity contribution is 0.0946. The first-order chi connectivity index (χ1) is 13.1. The smallest absolute Gasteiger partial charge is 0.229 e. The topological polar surface area (TPSA) is 52.6 Å². The number of hydrogen-bond acceptors (Lipinski definition) is 4. The van der Waals surface area contributed by atoms with Gasteiger partial charge < -0.3 is 9.47 Å². The Labute approximate surface area is 156 Å². The summed E-state index contributed by atoms with van der Waals surface area (Å²) in [4.78, 5) is 25.0. The summed E-state index contributed by atoms with van der Waals surface area (Å²) >= 11 is 0. The highest BCUT2D eigenvalue weighted by Crippen LogP contribution is 2.34. The van der Waals surface area contributed by atoms with E-state index >= 15 is 0 Å². The predicted molar refractivity (Wildman–Crippen MR) is 102 cm³/mol. The molecule has 0 fully saturated rings. The summed E-state index contributed by atoms with van der Waals surface area (Å²) in [5, 5.41) is 0. The number of allylic oxidation sites excluding steroid dienone is 2. The number of ether oxygens (including phenoxy) is 2. The Bertz CT molecular complexity index is 1060. The molecule has 0 atom stereocenters. The first-order valence-electron chi connectivity index (χ1n) is 8.53. The normalized spacial score (nSPS) is 13.0. The van der Waals surface area contributed by atoms with Gasteiger partial charge in [0.05, 0.1) is 0 Å². The fourth-order valence-electron chi connectivity index (χ4n) is 2.84. The van der Waals surface area contributed by atoms with Gasteiger partial charge in [0.2, 0.25) is 5.78 Å². The Morgan fingerprint density at radius 3 is 1.96 bits per heavy atom. The Morgan fingerprint density at radius 1 is 0.667 bits per heavy atom. The van der Waals surface area contributed by atoms with E-state index < -0.39 is 0 Å². The van der Waals surface area contributed by atoms with Crippen LogP contribution in [-0.4, -0.2) is 11.6 Å². The third-order valence-electron chi connectivity index (χ3n) is 4.24. The predicted octanol–water partition coefficient (Wildman–Crippen LogP) is 5.13. The number of carbonyl (C=O) groups is 2. The molecule has 0 amide bonds. The molecule has 0 saturated heterocycles. The quantitative estimate of drug-likeness (QED) is 0.650. The summed E-state index contributed by atoms with van der Waals surface area (Å²) in [5.74, 6) is 0.888. The van der Waals surface area contributed by atoms with Gasteiger partial charge in [-0.2, -0.15) is 0 Å². The number of carbonyl (C=O) groups excluding carboxylic acids is 2. The van der Waals surface area contributed by atoms with E-state index in [1.54, 1.807) is 42.5 Å². The van der Waals surface area contributed by atoms with Crippen LogP contribution >= 0.6 is 0 Å². The lowest BCUT2D eigenvalue weighted by atomic mass is 9.94. The van der Waals surface area contributed by atoms with Crippen LogP contribution in [0.3, 0.4) is 0 Å². The van der Waals surface area contributed by atoms with Crippen LogP contribution in [0.25, 0.3) is 0 Å². The zero-order chi connectivity index (χ0) is 18.8. The number of ketones is 2. The van der Waals surface area contributed by atoms with Crippen LogP contribution in [0.4, 0.5) is 0 Å². The molecule has 0 saturated carbocycles. The minimum absolute atomic E-state index is 0.0151. The van der Waals surface area contributed by atoms with E-state index in [2.05, 4.69) is 0 Å². The monoisotopic (exact) mass is 356 g/mol. The highest BCUT2D eigenvalue weighted by atomic mass is 16.5. The van der Waals surface area contributed by atoms with Crippen molar-refractivity contribution in [1.82, 2.24) is 0 Å². The van der Waals surface area contributed by atoms with Crippen LogP contribution in [0.5, 0.6) is 17.2 Å². The van der Waals surface area contributed by atoms with E-state index in [1.165, 1.54) is 6.08 Å². The van der Waals surface area contributed by atoms with Crippen LogP contribution in [0.2, 0.25) is 0 Å². The summed E-state index contributed by atoms with van der Waals surface area (Å²) in [7, 11) is 0. The van der Waals surface area contributed by atoms with Crippen LogP contribution in [0, 0.1) is 6.92 Å². The van der Waals surface area contributed by atoms with Crippen molar-refractivity contribution in [2.24, 2.45) is 0 Å². The van der Waals surface area contributed by atoms with Crippen molar-refractivity contribution < 1.29 is 19.1 Å². The maximum atomic E-state index is 12.7. The molecule has 3 aromatic rings. The molecule has 0 spiro atoms. The Kier molecular flexibility index (Phi) is 4.30. The molecular formula is C23H16O4. The van der Waals surface area contributed by atoms with Crippen LogP contribution < -0.4 is 9.47 Å². The first-order valence-corrected chi connectivity index (χ1v) is 8.53. The molecule has 4 rings (SSSR count). The minimum atomic E-state index is -0.324. The van der Waals surface area contributed by atoms with E-state index in [4.69, 9.17) is 9.47 Å². The van der Waals surface area contributed by atoms with Crippen molar-refractivity contribution in [2.75, 3.05) is 0 Å². The van der Waals surface area contributed by atoms with Gasteiger partial charge in [-0.25, -0.2) is 0 Å². The molecule has 0 N–H and O–H groups in total. The summed E-state index contributed by atoms with van der Waals surface area (Å²) < 4.78 is 11.7. The van der Waals surface area contributed by atoms with Crippen molar-refractivity contribution in [2.45, 2.75) is 6.92 Å². The fraction of sp³-hybridized carbons (Fsp3) is 0.0435. The highest BCUT2D eigenvalue weighted by molar-refractivity contribution is 6.23. The lowest BCUT2D eigenvalue weighted by Gasteiger charge is -2.17. The molecule has 4 nitrogen and oxygen atoms in total. The second-order valence-corrected chi connectivity index (χ2v) is 6.21. The van der Waals surface area contributed by atoms with Crippen molar-refractivity contribution in [3.8, 4) is 17.2 Å². The molecule has 0 aliphatic heterocycles. The minimum Gasteiger partial charge on any atom is -0.453 e. The average molecular weight is 356 g/mol. The molecule has 0 unspecified atom stereocenters. The van der Waals surface area contributed by atoms with Gasteiger partial charge in [-0.3, -0.25) is 9.59 Å². The molecule has 4 heteroatoms. The van der Waals surface area contributed by atoms with Gasteiger partial charge in [0, 0.05) is 17.2 Å². The zero-order valence-corrected chi connectivity index (χ0v) is 14.6. The Hall–Kier alpha value is -3.66. The van der Waals surface area contributed by atoms with E-state index in [-0.39, 0.29) is 17.3 Å². The number of aryl methyl sites for hydroxylation is 1. The first kappa shape index (κ1) is 16.8. The molecular weight excluding hydrogens is 340 g/mol. The third-order valence-corrected chi connectivity index (χ3v) is 4.24. The second kappa shape index (κ2) is 6.92. The van der Waals surface area contributed by atoms with Gasteiger partial charge in [-0.05, 0) is 31.2 Å². The maximum absolute atomic E-state index is 12.7. The van der Waals surface area contributed by atoms with E-state index in [9.17, 15) is 9.59 Å². The van der Waals surface area contributed by atoms with Crippen LogP contribution in [0.1, 0.15) is 26.3 Å². The SMILES string of the molecule is Cc1ccc(Oc2ccccc2OC2=CC(=O)c3ccccc3C2=O)cc1. The van der Waals surface area contributed by atoms with Gasteiger partial charge >= 0.3 is 0 Å². The molecule has 132 valence electrons. The zero-order valence-electron chi connectivity index (χ0n) is 14.6. The molecule has 0 heterocycles. The number of benzene rings is 3.